The molecule has 4 rings (SSSR count). The van der Waals surface area contributed by atoms with Crippen molar-refractivity contribution in [2.24, 2.45) is 5.92 Å². The number of nitrogens with one attached hydrogen (secondary N) is 1. The SMILES string of the molecule is C[C@H]1CN(C(=O)NCc2ncnn2-c2ccccc2)C[C@H](C2CC2)O1. The third-order valence-electron chi connectivity index (χ3n) is 4.74. The van der Waals surface area contributed by atoms with Crippen molar-refractivity contribution in [1.82, 2.24) is 25.0 Å². The van der Waals surface area contributed by atoms with Gasteiger partial charge in [0.1, 0.15) is 6.33 Å². The van der Waals surface area contributed by atoms with Gasteiger partial charge < -0.3 is 15.0 Å². The van der Waals surface area contributed by atoms with Crippen LogP contribution in [0.1, 0.15) is 25.6 Å². The summed E-state index contributed by atoms with van der Waals surface area (Å²) in [5.41, 5.74) is 0.929. The van der Waals surface area contributed by atoms with Crippen LogP contribution in [0.5, 0.6) is 0 Å². The van der Waals surface area contributed by atoms with Crippen molar-refractivity contribution >= 4 is 6.03 Å². The smallest absolute Gasteiger partial charge is 0.317 e. The highest BCUT2D eigenvalue weighted by atomic mass is 16.5. The largest absolute Gasteiger partial charge is 0.371 e. The summed E-state index contributed by atoms with van der Waals surface area (Å²) in [5, 5.41) is 7.23. The van der Waals surface area contributed by atoms with Crippen molar-refractivity contribution < 1.29 is 9.53 Å². The van der Waals surface area contributed by atoms with Crippen LogP contribution in [0.15, 0.2) is 36.7 Å². The lowest BCUT2D eigenvalue weighted by Gasteiger charge is -2.37. The van der Waals surface area contributed by atoms with Crippen LogP contribution in [0.25, 0.3) is 5.69 Å². The zero-order chi connectivity index (χ0) is 17.2. The zero-order valence-corrected chi connectivity index (χ0v) is 14.3. The number of carbonyl (C=O) groups excluding carboxylic acids is 1. The Bertz CT molecular complexity index is 728. The Labute approximate surface area is 147 Å². The molecule has 2 fully saturated rings. The van der Waals surface area contributed by atoms with Crippen LogP contribution in [0.4, 0.5) is 4.79 Å². The number of hydrogen-bond acceptors (Lipinski definition) is 4. The summed E-state index contributed by atoms with van der Waals surface area (Å²) in [7, 11) is 0. The van der Waals surface area contributed by atoms with Gasteiger partial charge in [-0.2, -0.15) is 5.10 Å². The molecule has 132 valence electrons. The summed E-state index contributed by atoms with van der Waals surface area (Å²) in [6.45, 7) is 3.67. The molecule has 2 amide bonds. The zero-order valence-electron chi connectivity index (χ0n) is 14.3. The number of para-hydroxylation sites is 1. The quantitative estimate of drug-likeness (QED) is 0.923. The van der Waals surface area contributed by atoms with Crippen LogP contribution in [0, 0.1) is 5.92 Å². The van der Waals surface area contributed by atoms with Crippen LogP contribution in [0.2, 0.25) is 0 Å². The topological polar surface area (TPSA) is 72.3 Å². The Kier molecular flexibility index (Phi) is 4.40. The van der Waals surface area contributed by atoms with Crippen molar-refractivity contribution in [3.63, 3.8) is 0 Å². The Hall–Kier alpha value is -2.41. The standard InChI is InChI=1S/C18H23N5O2/c1-13-10-22(11-16(25-13)14-7-8-14)18(24)19-9-17-20-12-21-23(17)15-5-3-2-4-6-15/h2-6,12-14,16H,7-11H2,1H3,(H,19,24)/t13-,16+/m0/s1. The van der Waals surface area contributed by atoms with Gasteiger partial charge in [0.2, 0.25) is 0 Å². The predicted octanol–water partition coefficient (Wildman–Crippen LogP) is 1.98. The van der Waals surface area contributed by atoms with E-state index in [2.05, 4.69) is 15.4 Å². The lowest BCUT2D eigenvalue weighted by Crippen LogP contribution is -2.52. The van der Waals surface area contributed by atoms with Crippen LogP contribution in [0.3, 0.4) is 0 Å². The summed E-state index contributed by atoms with van der Waals surface area (Å²) in [6.07, 6.45) is 4.20. The van der Waals surface area contributed by atoms with Gasteiger partial charge in [0.25, 0.3) is 0 Å². The van der Waals surface area contributed by atoms with Gasteiger partial charge in [0.15, 0.2) is 5.82 Å². The molecule has 0 radical (unpaired) electrons. The molecule has 0 bridgehead atoms. The molecule has 1 aromatic heterocycles. The van der Waals surface area contributed by atoms with Gasteiger partial charge in [-0.15, -0.1) is 0 Å². The minimum Gasteiger partial charge on any atom is -0.371 e. The Balaban J connectivity index is 1.38. The molecule has 0 spiro atoms. The van der Waals surface area contributed by atoms with E-state index in [-0.39, 0.29) is 18.2 Å². The molecule has 2 heterocycles. The normalized spacial score (nSPS) is 23.5. The Morgan fingerprint density at radius 3 is 2.84 bits per heavy atom. The van der Waals surface area contributed by atoms with E-state index in [4.69, 9.17) is 4.74 Å². The minimum atomic E-state index is -0.0663. The van der Waals surface area contributed by atoms with E-state index in [1.54, 1.807) is 4.68 Å². The number of benzene rings is 1. The van der Waals surface area contributed by atoms with E-state index >= 15 is 0 Å². The molecule has 1 aromatic carbocycles. The molecule has 1 saturated heterocycles. The van der Waals surface area contributed by atoms with Gasteiger partial charge in [0.05, 0.1) is 24.4 Å². The van der Waals surface area contributed by atoms with Crippen molar-refractivity contribution in [3.05, 3.63) is 42.5 Å². The maximum absolute atomic E-state index is 12.6. The van der Waals surface area contributed by atoms with Crippen LogP contribution < -0.4 is 5.32 Å². The number of morpholine rings is 1. The average Bonchev–Trinajstić information content (AvgIpc) is 3.38. The molecule has 2 aliphatic rings. The fourth-order valence-electron chi connectivity index (χ4n) is 3.32. The second-order valence-corrected chi connectivity index (χ2v) is 6.81. The van der Waals surface area contributed by atoms with E-state index < -0.39 is 0 Å². The number of hydrogen-bond donors (Lipinski definition) is 1. The first-order chi connectivity index (χ1) is 12.2. The number of rotatable bonds is 4. The fourth-order valence-corrected chi connectivity index (χ4v) is 3.32. The van der Waals surface area contributed by atoms with Crippen LogP contribution in [-0.2, 0) is 11.3 Å². The summed E-state index contributed by atoms with van der Waals surface area (Å²) < 4.78 is 7.72. The molecule has 1 aliphatic carbocycles. The van der Waals surface area contributed by atoms with E-state index in [9.17, 15) is 4.79 Å². The molecular weight excluding hydrogens is 318 g/mol. The minimum absolute atomic E-state index is 0.0663. The highest BCUT2D eigenvalue weighted by Gasteiger charge is 2.38. The van der Waals surface area contributed by atoms with Crippen LogP contribution >= 0.6 is 0 Å². The molecule has 1 saturated carbocycles. The van der Waals surface area contributed by atoms with E-state index in [1.165, 1.54) is 19.2 Å². The third-order valence-corrected chi connectivity index (χ3v) is 4.74. The van der Waals surface area contributed by atoms with Crippen molar-refractivity contribution in [2.45, 2.75) is 38.5 Å². The summed E-state index contributed by atoms with van der Waals surface area (Å²) >= 11 is 0. The lowest BCUT2D eigenvalue weighted by molar-refractivity contribution is -0.0731. The number of ether oxygens (including phenoxy) is 1. The van der Waals surface area contributed by atoms with Crippen molar-refractivity contribution in [3.8, 4) is 5.69 Å². The first-order valence-electron chi connectivity index (χ1n) is 8.83. The number of carbonyl (C=O) groups is 1. The van der Waals surface area contributed by atoms with Gasteiger partial charge >= 0.3 is 6.03 Å². The van der Waals surface area contributed by atoms with Gasteiger partial charge in [-0.25, -0.2) is 14.5 Å². The number of amides is 2. The fraction of sp³-hybridized carbons (Fsp3) is 0.500. The molecule has 0 unspecified atom stereocenters. The van der Waals surface area contributed by atoms with Gasteiger partial charge in [-0.05, 0) is 37.8 Å². The molecule has 1 aliphatic heterocycles. The maximum atomic E-state index is 12.6. The van der Waals surface area contributed by atoms with E-state index in [0.717, 1.165) is 5.69 Å². The molecular formula is C18H23N5O2. The molecule has 2 atom stereocenters. The highest BCUT2D eigenvalue weighted by Crippen LogP contribution is 2.36. The molecule has 2 aromatic rings. The maximum Gasteiger partial charge on any atom is 0.317 e. The number of urea groups is 1. The molecule has 7 heteroatoms. The summed E-state index contributed by atoms with van der Waals surface area (Å²) in [4.78, 5) is 18.7. The van der Waals surface area contributed by atoms with E-state index in [0.29, 0.717) is 31.4 Å². The molecule has 25 heavy (non-hydrogen) atoms. The van der Waals surface area contributed by atoms with Gasteiger partial charge in [-0.1, -0.05) is 18.2 Å². The Morgan fingerprint density at radius 2 is 2.08 bits per heavy atom. The van der Waals surface area contributed by atoms with E-state index in [1.807, 2.05) is 42.2 Å². The van der Waals surface area contributed by atoms with Crippen LogP contribution in [-0.4, -0.2) is 51.0 Å². The predicted molar refractivity (Wildman–Crippen MR) is 92.2 cm³/mol. The van der Waals surface area contributed by atoms with Gasteiger partial charge in [0, 0.05) is 13.1 Å². The number of nitrogens with zero attached hydrogens (tertiary/aromatic N) is 4. The lowest BCUT2D eigenvalue weighted by atomic mass is 10.1. The molecule has 7 nitrogen and oxygen atoms in total. The monoisotopic (exact) mass is 341 g/mol. The second kappa shape index (κ2) is 6.84. The Morgan fingerprint density at radius 1 is 1.28 bits per heavy atom. The molecule has 1 N–H and O–H groups in total. The first-order valence-corrected chi connectivity index (χ1v) is 8.83. The average molecular weight is 341 g/mol. The highest BCUT2D eigenvalue weighted by molar-refractivity contribution is 5.74. The van der Waals surface area contributed by atoms with Crippen molar-refractivity contribution in [2.75, 3.05) is 13.1 Å². The first kappa shape index (κ1) is 16.1. The number of aromatic nitrogens is 3. The third kappa shape index (κ3) is 3.66. The summed E-state index contributed by atoms with van der Waals surface area (Å²) in [5.74, 6) is 1.33. The second-order valence-electron chi connectivity index (χ2n) is 6.81. The van der Waals surface area contributed by atoms with Gasteiger partial charge in [-0.3, -0.25) is 0 Å². The summed E-state index contributed by atoms with van der Waals surface area (Å²) in [6, 6.07) is 9.72. The van der Waals surface area contributed by atoms with Crippen molar-refractivity contribution in [1.29, 1.82) is 0 Å².